The smallest absolute Gasteiger partial charge is 0.744 e. The van der Waals surface area contributed by atoms with Crippen LogP contribution in [0.1, 0.15) is 83.1 Å². The van der Waals surface area contributed by atoms with Gasteiger partial charge in [0, 0.05) is 0 Å². The second-order valence-electron chi connectivity index (χ2n) is 7.90. The molecule has 0 heterocycles. The van der Waals surface area contributed by atoms with Crippen LogP contribution in [-0.2, 0) is 16.5 Å². The van der Waals surface area contributed by atoms with Gasteiger partial charge in [0.1, 0.15) is 26.5 Å². The van der Waals surface area contributed by atoms with E-state index < -0.39 is 10.1 Å². The zero-order valence-electron chi connectivity index (χ0n) is 19.1. The number of rotatable bonds is 15. The summed E-state index contributed by atoms with van der Waals surface area (Å²) in [6.07, 6.45) is 14.1. The Balaban J connectivity index is 0.00000480. The van der Waals surface area contributed by atoms with Gasteiger partial charge in [0.2, 0.25) is 0 Å². The Morgan fingerprint density at radius 1 is 0.742 bits per heavy atom. The van der Waals surface area contributed by atoms with Gasteiger partial charge in [-0.25, -0.2) is 8.42 Å². The van der Waals surface area contributed by atoms with Crippen molar-refractivity contribution in [3.63, 3.8) is 0 Å². The first kappa shape index (κ1) is 28.2. The molecule has 0 bridgehead atoms. The maximum Gasteiger partial charge on any atom is 1.00 e. The van der Waals surface area contributed by atoms with Gasteiger partial charge in [-0.05, 0) is 36.6 Å². The molecule has 166 valence electrons. The SMILES string of the molecule is CCCCCCCCCCCCCc1cccc(Oc2ccccc2)c1S(=O)(=O)[O-].[Na+]. The van der Waals surface area contributed by atoms with Gasteiger partial charge in [-0.2, -0.15) is 0 Å². The summed E-state index contributed by atoms with van der Waals surface area (Å²) in [7, 11) is -4.62. The third-order valence-electron chi connectivity index (χ3n) is 5.33. The normalized spacial score (nSPS) is 11.2. The summed E-state index contributed by atoms with van der Waals surface area (Å²) < 4.78 is 41.5. The molecule has 0 aromatic heterocycles. The van der Waals surface area contributed by atoms with Gasteiger partial charge in [0.15, 0.2) is 0 Å². The van der Waals surface area contributed by atoms with E-state index in [1.165, 1.54) is 51.4 Å². The first-order valence-corrected chi connectivity index (χ1v) is 12.7. The molecule has 0 aliphatic carbocycles. The van der Waals surface area contributed by atoms with Crippen LogP contribution in [0.5, 0.6) is 11.5 Å². The third kappa shape index (κ3) is 11.0. The molecule has 0 atom stereocenters. The van der Waals surface area contributed by atoms with Crippen molar-refractivity contribution < 1.29 is 47.3 Å². The third-order valence-corrected chi connectivity index (χ3v) is 6.29. The number of benzene rings is 2. The molecule has 0 amide bonds. The largest absolute Gasteiger partial charge is 1.00 e. The zero-order valence-corrected chi connectivity index (χ0v) is 22.0. The number of aryl methyl sites for hydroxylation is 1. The molecule has 0 aliphatic heterocycles. The van der Waals surface area contributed by atoms with Crippen molar-refractivity contribution >= 4 is 10.1 Å². The van der Waals surface area contributed by atoms with E-state index in [2.05, 4.69) is 6.92 Å². The monoisotopic (exact) mass is 454 g/mol. The fraction of sp³-hybridized carbons (Fsp3) is 0.520. The summed E-state index contributed by atoms with van der Waals surface area (Å²) >= 11 is 0. The molecule has 0 unspecified atom stereocenters. The summed E-state index contributed by atoms with van der Waals surface area (Å²) in [5, 5.41) is 0. The molecule has 31 heavy (non-hydrogen) atoms. The van der Waals surface area contributed by atoms with Crippen LogP contribution in [0.25, 0.3) is 0 Å². The number of hydrogen-bond donors (Lipinski definition) is 0. The van der Waals surface area contributed by atoms with Crippen LogP contribution < -0.4 is 34.3 Å². The van der Waals surface area contributed by atoms with Crippen LogP contribution >= 0.6 is 0 Å². The minimum absolute atomic E-state index is 0. The predicted molar refractivity (Wildman–Crippen MR) is 121 cm³/mol. The van der Waals surface area contributed by atoms with Crippen molar-refractivity contribution in [2.45, 2.75) is 88.9 Å². The Morgan fingerprint density at radius 2 is 1.29 bits per heavy atom. The molecule has 4 nitrogen and oxygen atoms in total. The van der Waals surface area contributed by atoms with E-state index in [1.807, 2.05) is 6.07 Å². The van der Waals surface area contributed by atoms with Gasteiger partial charge in [-0.3, -0.25) is 0 Å². The van der Waals surface area contributed by atoms with E-state index in [0.717, 1.165) is 19.3 Å². The van der Waals surface area contributed by atoms with E-state index in [1.54, 1.807) is 42.5 Å². The maximum atomic E-state index is 11.9. The van der Waals surface area contributed by atoms with Gasteiger partial charge >= 0.3 is 29.6 Å². The molecule has 0 radical (unpaired) electrons. The standard InChI is InChI=1S/C25H36O4S.Na/c1-2-3-4-5-6-7-8-9-10-11-13-17-22-18-16-21-24(25(22)30(26,27)28)29-23-19-14-12-15-20-23;/h12,14-16,18-21H,2-11,13,17H2,1H3,(H,26,27,28);/q;+1/p-1. The average Bonchev–Trinajstić information content (AvgIpc) is 2.72. The van der Waals surface area contributed by atoms with Crippen molar-refractivity contribution in [3.8, 4) is 11.5 Å². The van der Waals surface area contributed by atoms with Crippen LogP contribution in [0.4, 0.5) is 0 Å². The molecule has 0 aliphatic rings. The van der Waals surface area contributed by atoms with E-state index in [4.69, 9.17) is 4.74 Å². The molecule has 0 fully saturated rings. The van der Waals surface area contributed by atoms with Crippen molar-refractivity contribution in [1.82, 2.24) is 0 Å². The summed E-state index contributed by atoms with van der Waals surface area (Å²) in [5.74, 6) is 0.617. The molecule has 0 N–H and O–H groups in total. The van der Waals surface area contributed by atoms with Crippen molar-refractivity contribution in [1.29, 1.82) is 0 Å². The zero-order chi connectivity index (χ0) is 21.7. The van der Waals surface area contributed by atoms with Gasteiger partial charge in [0.05, 0.1) is 0 Å². The minimum Gasteiger partial charge on any atom is -0.744 e. The van der Waals surface area contributed by atoms with Gasteiger partial charge in [-0.15, -0.1) is 0 Å². The van der Waals surface area contributed by atoms with Crippen LogP contribution in [0.2, 0.25) is 0 Å². The van der Waals surface area contributed by atoms with Crippen LogP contribution in [0.15, 0.2) is 53.4 Å². The van der Waals surface area contributed by atoms with Gasteiger partial charge in [0.25, 0.3) is 0 Å². The molecular formula is C25H35NaO4S. The molecular weight excluding hydrogens is 419 g/mol. The summed E-state index contributed by atoms with van der Waals surface area (Å²) in [4.78, 5) is -0.221. The molecule has 0 saturated heterocycles. The van der Waals surface area contributed by atoms with Crippen molar-refractivity contribution in [2.24, 2.45) is 0 Å². The predicted octanol–water partition coefficient (Wildman–Crippen LogP) is 4.24. The Kier molecular flexibility index (Phi) is 14.4. The van der Waals surface area contributed by atoms with Gasteiger partial charge < -0.3 is 9.29 Å². The maximum absolute atomic E-state index is 11.9. The van der Waals surface area contributed by atoms with Crippen LogP contribution in [0, 0.1) is 0 Å². The second kappa shape index (κ2) is 15.9. The minimum atomic E-state index is -4.62. The quantitative estimate of drug-likeness (QED) is 0.229. The van der Waals surface area contributed by atoms with Crippen molar-refractivity contribution in [2.75, 3.05) is 0 Å². The molecule has 6 heteroatoms. The number of hydrogen-bond acceptors (Lipinski definition) is 4. The summed E-state index contributed by atoms with van der Waals surface area (Å²) in [6.45, 7) is 2.24. The Morgan fingerprint density at radius 3 is 1.84 bits per heavy atom. The number of para-hydroxylation sites is 1. The molecule has 2 rings (SSSR count). The van der Waals surface area contributed by atoms with Crippen LogP contribution in [-0.4, -0.2) is 13.0 Å². The number of ether oxygens (including phenoxy) is 1. The second-order valence-corrected chi connectivity index (χ2v) is 9.22. The molecule has 0 saturated carbocycles. The topological polar surface area (TPSA) is 66.4 Å². The Labute approximate surface area is 210 Å². The van der Waals surface area contributed by atoms with Crippen LogP contribution in [0.3, 0.4) is 0 Å². The Hall–Kier alpha value is -0.850. The Bertz CT molecular complexity index is 838. The summed E-state index contributed by atoms with van der Waals surface area (Å²) in [5.41, 5.74) is 0.550. The average molecular weight is 455 g/mol. The fourth-order valence-electron chi connectivity index (χ4n) is 3.72. The first-order chi connectivity index (χ1) is 14.5. The van der Waals surface area contributed by atoms with E-state index in [0.29, 0.717) is 17.7 Å². The van der Waals surface area contributed by atoms with Crippen molar-refractivity contribution in [3.05, 3.63) is 54.1 Å². The van der Waals surface area contributed by atoms with Gasteiger partial charge in [-0.1, -0.05) is 101 Å². The molecule has 0 spiro atoms. The van der Waals surface area contributed by atoms with E-state index in [-0.39, 0.29) is 40.2 Å². The fourth-order valence-corrected chi connectivity index (χ4v) is 4.56. The first-order valence-electron chi connectivity index (χ1n) is 11.3. The molecule has 2 aromatic rings. The molecule has 2 aromatic carbocycles. The number of unbranched alkanes of at least 4 members (excludes halogenated alkanes) is 10. The summed E-state index contributed by atoms with van der Waals surface area (Å²) in [6, 6.07) is 13.9. The van der Waals surface area contributed by atoms with E-state index >= 15 is 0 Å². The van der Waals surface area contributed by atoms with E-state index in [9.17, 15) is 13.0 Å².